The van der Waals surface area contributed by atoms with Gasteiger partial charge in [0, 0.05) is 50.0 Å². The fourth-order valence-electron chi connectivity index (χ4n) is 3.68. The Kier molecular flexibility index (Phi) is 6.72. The minimum Gasteiger partial charge on any atom is -0.494 e. The number of urea groups is 1. The fraction of sp³-hybridized carbons (Fsp3) is 0.417. The standard InChI is InChI=1S/C24H30N4O3/c1-2-31-22-11-3-18(4-12-22)17-27-13-15-28(16-14-27)23(29)19-5-7-20(8-6-19)25-24(30)26-21-9-10-21/h3-8,11-12,21H,2,9-10,13-17H2,1H3,(H2,25,26,30). The molecule has 1 heterocycles. The number of hydrogen-bond donors (Lipinski definition) is 2. The van der Waals surface area contributed by atoms with E-state index >= 15 is 0 Å². The molecule has 7 heteroatoms. The van der Waals surface area contributed by atoms with E-state index < -0.39 is 0 Å². The smallest absolute Gasteiger partial charge is 0.319 e. The lowest BCUT2D eigenvalue weighted by Gasteiger charge is -2.34. The van der Waals surface area contributed by atoms with Gasteiger partial charge in [0.15, 0.2) is 0 Å². The molecule has 0 atom stereocenters. The van der Waals surface area contributed by atoms with Crippen LogP contribution >= 0.6 is 0 Å². The number of piperazine rings is 1. The number of anilines is 1. The molecule has 0 radical (unpaired) electrons. The van der Waals surface area contributed by atoms with Gasteiger partial charge in [0.2, 0.25) is 0 Å². The number of carbonyl (C=O) groups is 2. The average Bonchev–Trinajstić information content (AvgIpc) is 3.60. The third kappa shape index (κ3) is 5.98. The second-order valence-electron chi connectivity index (χ2n) is 8.10. The molecule has 31 heavy (non-hydrogen) atoms. The summed E-state index contributed by atoms with van der Waals surface area (Å²) in [5, 5.41) is 5.69. The summed E-state index contributed by atoms with van der Waals surface area (Å²) < 4.78 is 5.50. The molecular formula is C24H30N4O3. The van der Waals surface area contributed by atoms with Gasteiger partial charge in [-0.1, -0.05) is 12.1 Å². The van der Waals surface area contributed by atoms with Crippen LogP contribution in [0.3, 0.4) is 0 Å². The van der Waals surface area contributed by atoms with Gasteiger partial charge in [-0.25, -0.2) is 4.79 Å². The van der Waals surface area contributed by atoms with E-state index in [1.54, 1.807) is 24.3 Å². The van der Waals surface area contributed by atoms with Crippen LogP contribution in [0.2, 0.25) is 0 Å². The Bertz CT molecular complexity index is 886. The summed E-state index contributed by atoms with van der Waals surface area (Å²) in [6.07, 6.45) is 2.10. The van der Waals surface area contributed by atoms with Gasteiger partial charge >= 0.3 is 6.03 Å². The predicted octanol–water partition coefficient (Wildman–Crippen LogP) is 3.33. The molecule has 0 aromatic heterocycles. The molecule has 1 saturated heterocycles. The van der Waals surface area contributed by atoms with E-state index in [1.807, 2.05) is 24.0 Å². The van der Waals surface area contributed by atoms with Crippen molar-refractivity contribution in [1.82, 2.24) is 15.1 Å². The van der Waals surface area contributed by atoms with Crippen LogP contribution in [0.15, 0.2) is 48.5 Å². The molecule has 0 spiro atoms. The summed E-state index contributed by atoms with van der Waals surface area (Å²) in [5.74, 6) is 0.932. The highest BCUT2D eigenvalue weighted by atomic mass is 16.5. The van der Waals surface area contributed by atoms with Crippen molar-refractivity contribution in [3.05, 3.63) is 59.7 Å². The molecule has 7 nitrogen and oxygen atoms in total. The topological polar surface area (TPSA) is 73.9 Å². The van der Waals surface area contributed by atoms with Crippen LogP contribution in [0.1, 0.15) is 35.7 Å². The quantitative estimate of drug-likeness (QED) is 0.718. The fourth-order valence-corrected chi connectivity index (χ4v) is 3.68. The lowest BCUT2D eigenvalue weighted by Crippen LogP contribution is -2.48. The number of nitrogens with one attached hydrogen (secondary N) is 2. The maximum atomic E-state index is 12.8. The highest BCUT2D eigenvalue weighted by molar-refractivity contribution is 5.95. The number of hydrogen-bond acceptors (Lipinski definition) is 4. The first-order valence-corrected chi connectivity index (χ1v) is 11.0. The zero-order valence-electron chi connectivity index (χ0n) is 18.0. The molecule has 2 fully saturated rings. The Morgan fingerprint density at radius 3 is 2.26 bits per heavy atom. The third-order valence-corrected chi connectivity index (χ3v) is 5.60. The molecule has 1 aliphatic heterocycles. The monoisotopic (exact) mass is 422 g/mol. The normalized spacial score (nSPS) is 16.6. The van der Waals surface area contributed by atoms with Gasteiger partial charge < -0.3 is 20.3 Å². The molecule has 0 unspecified atom stereocenters. The second kappa shape index (κ2) is 9.83. The Balaban J connectivity index is 1.24. The van der Waals surface area contributed by atoms with E-state index in [0.29, 0.717) is 37.0 Å². The Morgan fingerprint density at radius 2 is 1.65 bits per heavy atom. The van der Waals surface area contributed by atoms with Gasteiger partial charge in [-0.05, 0) is 61.7 Å². The number of carbonyl (C=O) groups excluding carboxylic acids is 2. The first-order chi connectivity index (χ1) is 15.1. The Labute approximate surface area is 183 Å². The molecule has 2 aromatic carbocycles. The van der Waals surface area contributed by atoms with E-state index in [-0.39, 0.29) is 11.9 Å². The van der Waals surface area contributed by atoms with Gasteiger partial charge in [-0.15, -0.1) is 0 Å². The van der Waals surface area contributed by atoms with E-state index in [0.717, 1.165) is 38.2 Å². The third-order valence-electron chi connectivity index (χ3n) is 5.60. The van der Waals surface area contributed by atoms with Gasteiger partial charge in [0.05, 0.1) is 6.61 Å². The van der Waals surface area contributed by atoms with Gasteiger partial charge in [0.1, 0.15) is 5.75 Å². The zero-order chi connectivity index (χ0) is 21.6. The van der Waals surface area contributed by atoms with Gasteiger partial charge in [-0.3, -0.25) is 9.69 Å². The van der Waals surface area contributed by atoms with Crippen LogP contribution in [-0.4, -0.2) is 60.6 Å². The summed E-state index contributed by atoms with van der Waals surface area (Å²) in [4.78, 5) is 28.9. The van der Waals surface area contributed by atoms with Gasteiger partial charge in [-0.2, -0.15) is 0 Å². The number of amides is 3. The summed E-state index contributed by atoms with van der Waals surface area (Å²) in [5.41, 5.74) is 2.58. The van der Waals surface area contributed by atoms with Crippen molar-refractivity contribution in [2.45, 2.75) is 32.4 Å². The highest BCUT2D eigenvalue weighted by Gasteiger charge is 2.24. The summed E-state index contributed by atoms with van der Waals surface area (Å²) in [7, 11) is 0. The molecule has 0 bridgehead atoms. The zero-order valence-corrected chi connectivity index (χ0v) is 18.0. The van der Waals surface area contributed by atoms with Crippen molar-refractivity contribution in [3.8, 4) is 5.75 Å². The molecule has 2 N–H and O–H groups in total. The molecule has 2 aliphatic rings. The van der Waals surface area contributed by atoms with Crippen LogP contribution in [0.4, 0.5) is 10.5 Å². The Morgan fingerprint density at radius 1 is 0.968 bits per heavy atom. The molecule has 164 valence electrons. The molecule has 3 amide bonds. The number of benzene rings is 2. The van der Waals surface area contributed by atoms with Crippen LogP contribution in [-0.2, 0) is 6.54 Å². The molecule has 1 aliphatic carbocycles. The second-order valence-corrected chi connectivity index (χ2v) is 8.10. The van der Waals surface area contributed by atoms with E-state index in [4.69, 9.17) is 4.74 Å². The predicted molar refractivity (Wildman–Crippen MR) is 120 cm³/mol. The minimum atomic E-state index is -0.190. The minimum absolute atomic E-state index is 0.0368. The largest absolute Gasteiger partial charge is 0.494 e. The van der Waals surface area contributed by atoms with Crippen LogP contribution < -0.4 is 15.4 Å². The van der Waals surface area contributed by atoms with Crippen molar-refractivity contribution in [3.63, 3.8) is 0 Å². The van der Waals surface area contributed by atoms with Crippen LogP contribution in [0.25, 0.3) is 0 Å². The maximum Gasteiger partial charge on any atom is 0.319 e. The highest BCUT2D eigenvalue weighted by Crippen LogP contribution is 2.19. The van der Waals surface area contributed by atoms with Crippen molar-refractivity contribution in [2.24, 2.45) is 0 Å². The van der Waals surface area contributed by atoms with Crippen molar-refractivity contribution < 1.29 is 14.3 Å². The average molecular weight is 423 g/mol. The lowest BCUT2D eigenvalue weighted by molar-refractivity contribution is 0.0628. The summed E-state index contributed by atoms with van der Waals surface area (Å²) in [6, 6.07) is 15.5. The molecular weight excluding hydrogens is 392 g/mol. The summed E-state index contributed by atoms with van der Waals surface area (Å²) in [6.45, 7) is 6.63. The van der Waals surface area contributed by atoms with E-state index in [2.05, 4.69) is 27.7 Å². The van der Waals surface area contributed by atoms with Gasteiger partial charge in [0.25, 0.3) is 5.91 Å². The van der Waals surface area contributed by atoms with Crippen molar-refractivity contribution in [1.29, 1.82) is 0 Å². The molecule has 2 aromatic rings. The van der Waals surface area contributed by atoms with E-state index in [1.165, 1.54) is 5.56 Å². The number of nitrogens with zero attached hydrogens (tertiary/aromatic N) is 2. The Hall–Kier alpha value is -3.06. The first-order valence-electron chi connectivity index (χ1n) is 11.0. The first kappa shape index (κ1) is 21.2. The molecule has 1 saturated carbocycles. The SMILES string of the molecule is CCOc1ccc(CN2CCN(C(=O)c3ccc(NC(=O)NC4CC4)cc3)CC2)cc1. The molecule has 4 rings (SSSR count). The van der Waals surface area contributed by atoms with E-state index in [9.17, 15) is 9.59 Å². The number of rotatable bonds is 7. The maximum absolute atomic E-state index is 12.8. The van der Waals surface area contributed by atoms with Crippen LogP contribution in [0, 0.1) is 0 Å². The van der Waals surface area contributed by atoms with Crippen LogP contribution in [0.5, 0.6) is 5.75 Å². The summed E-state index contributed by atoms with van der Waals surface area (Å²) >= 11 is 0. The van der Waals surface area contributed by atoms with Crippen molar-refractivity contribution >= 4 is 17.6 Å². The lowest BCUT2D eigenvalue weighted by atomic mass is 10.1. The number of ether oxygens (including phenoxy) is 1. The van der Waals surface area contributed by atoms with Crippen molar-refractivity contribution in [2.75, 3.05) is 38.1 Å².